The van der Waals surface area contributed by atoms with Crippen LogP contribution in [0.25, 0.3) is 10.2 Å². The first-order valence-electron chi connectivity index (χ1n) is 8.83. The summed E-state index contributed by atoms with van der Waals surface area (Å²) in [5.74, 6) is 1.77. The van der Waals surface area contributed by atoms with Gasteiger partial charge in [0.05, 0.1) is 17.3 Å². The average Bonchev–Trinajstić information content (AvgIpc) is 3.20. The summed E-state index contributed by atoms with van der Waals surface area (Å²) in [6, 6.07) is 16.5. The van der Waals surface area contributed by atoms with Crippen LogP contribution in [0, 0.1) is 5.82 Å². The van der Waals surface area contributed by atoms with Crippen LogP contribution in [0.5, 0.6) is 5.75 Å². The fourth-order valence-corrected chi connectivity index (χ4v) is 3.70. The van der Waals surface area contributed by atoms with Gasteiger partial charge in [-0.3, -0.25) is 0 Å². The second kappa shape index (κ2) is 8.22. The number of nitrogens with zero attached hydrogens (tertiary/aromatic N) is 2. The predicted octanol–water partition coefficient (Wildman–Crippen LogP) is 5.06. The van der Waals surface area contributed by atoms with Crippen LogP contribution in [0.1, 0.15) is 11.1 Å². The van der Waals surface area contributed by atoms with Gasteiger partial charge in [0.1, 0.15) is 17.4 Å². The van der Waals surface area contributed by atoms with E-state index in [1.807, 2.05) is 41.8 Å². The van der Waals surface area contributed by atoms with E-state index in [-0.39, 0.29) is 5.82 Å². The van der Waals surface area contributed by atoms with E-state index in [0.717, 1.165) is 21.5 Å². The van der Waals surface area contributed by atoms with E-state index in [4.69, 9.17) is 4.74 Å². The number of thiophene rings is 1. The van der Waals surface area contributed by atoms with Crippen molar-refractivity contribution in [1.82, 2.24) is 9.97 Å². The van der Waals surface area contributed by atoms with Gasteiger partial charge in [0, 0.05) is 24.2 Å². The molecule has 0 aliphatic heterocycles. The van der Waals surface area contributed by atoms with Crippen LogP contribution in [0.3, 0.4) is 0 Å². The van der Waals surface area contributed by atoms with Gasteiger partial charge in [0.2, 0.25) is 5.95 Å². The number of methoxy groups -OCH3 is 1. The molecular formula is C21H19FN4OS. The SMILES string of the molecule is COc1ccccc1CNc1nc(NCc2ccccc2F)c2sccc2n1. The number of para-hydroxylation sites is 1. The minimum Gasteiger partial charge on any atom is -0.496 e. The number of fused-ring (bicyclic) bond motifs is 1. The van der Waals surface area contributed by atoms with Crippen molar-refractivity contribution in [3.63, 3.8) is 0 Å². The molecule has 28 heavy (non-hydrogen) atoms. The van der Waals surface area contributed by atoms with E-state index in [1.54, 1.807) is 30.6 Å². The molecule has 7 heteroatoms. The number of aromatic nitrogens is 2. The summed E-state index contributed by atoms with van der Waals surface area (Å²) >= 11 is 1.55. The Labute approximate surface area is 166 Å². The lowest BCUT2D eigenvalue weighted by Gasteiger charge is -2.12. The molecule has 2 heterocycles. The smallest absolute Gasteiger partial charge is 0.225 e. The maximum absolute atomic E-state index is 13.9. The third kappa shape index (κ3) is 3.89. The van der Waals surface area contributed by atoms with Gasteiger partial charge in [0.25, 0.3) is 0 Å². The number of hydrogen-bond donors (Lipinski definition) is 2. The standard InChI is InChI=1S/C21H19FN4OS/c1-27-18-9-5-3-7-15(18)13-24-21-25-17-10-11-28-19(17)20(26-21)23-12-14-6-2-4-8-16(14)22/h2-11H,12-13H2,1H3,(H2,23,24,25,26). The zero-order chi connectivity index (χ0) is 19.3. The molecule has 5 nitrogen and oxygen atoms in total. The normalized spacial score (nSPS) is 10.8. The first-order chi connectivity index (χ1) is 13.7. The third-order valence-corrected chi connectivity index (χ3v) is 5.25. The van der Waals surface area contributed by atoms with Crippen molar-refractivity contribution in [3.8, 4) is 5.75 Å². The molecule has 0 saturated carbocycles. The molecule has 0 aliphatic carbocycles. The molecular weight excluding hydrogens is 375 g/mol. The summed E-state index contributed by atoms with van der Waals surface area (Å²) < 4.78 is 20.2. The summed E-state index contributed by atoms with van der Waals surface area (Å²) in [6.45, 7) is 0.884. The number of halogens is 1. The minimum atomic E-state index is -0.235. The maximum atomic E-state index is 13.9. The zero-order valence-corrected chi connectivity index (χ0v) is 16.1. The van der Waals surface area contributed by atoms with Gasteiger partial charge in [-0.25, -0.2) is 9.37 Å². The molecule has 0 unspecified atom stereocenters. The van der Waals surface area contributed by atoms with Gasteiger partial charge in [-0.05, 0) is 23.6 Å². The summed E-state index contributed by atoms with van der Waals surface area (Å²) in [7, 11) is 1.65. The van der Waals surface area contributed by atoms with E-state index in [1.165, 1.54) is 6.07 Å². The van der Waals surface area contributed by atoms with Crippen LogP contribution < -0.4 is 15.4 Å². The monoisotopic (exact) mass is 394 g/mol. The van der Waals surface area contributed by atoms with Gasteiger partial charge in [-0.1, -0.05) is 36.4 Å². The molecule has 142 valence electrons. The quantitative estimate of drug-likeness (QED) is 0.459. The molecule has 0 saturated heterocycles. The highest BCUT2D eigenvalue weighted by atomic mass is 32.1. The van der Waals surface area contributed by atoms with Crippen molar-refractivity contribution in [2.75, 3.05) is 17.7 Å². The third-order valence-electron chi connectivity index (χ3n) is 4.34. The Morgan fingerprint density at radius 3 is 2.50 bits per heavy atom. The Balaban J connectivity index is 1.56. The number of anilines is 2. The van der Waals surface area contributed by atoms with Crippen LogP contribution >= 0.6 is 11.3 Å². The largest absolute Gasteiger partial charge is 0.496 e. The highest BCUT2D eigenvalue weighted by molar-refractivity contribution is 7.17. The number of benzene rings is 2. The lowest BCUT2D eigenvalue weighted by Crippen LogP contribution is -2.08. The number of ether oxygens (including phenoxy) is 1. The molecule has 2 N–H and O–H groups in total. The van der Waals surface area contributed by atoms with E-state index in [0.29, 0.717) is 30.4 Å². The highest BCUT2D eigenvalue weighted by Gasteiger charge is 2.11. The van der Waals surface area contributed by atoms with Gasteiger partial charge in [-0.2, -0.15) is 4.98 Å². The van der Waals surface area contributed by atoms with Gasteiger partial charge in [-0.15, -0.1) is 11.3 Å². The predicted molar refractivity (Wildman–Crippen MR) is 111 cm³/mol. The van der Waals surface area contributed by atoms with E-state index in [2.05, 4.69) is 20.6 Å². The van der Waals surface area contributed by atoms with E-state index in [9.17, 15) is 4.39 Å². The summed E-state index contributed by atoms with van der Waals surface area (Å²) in [4.78, 5) is 9.17. The summed E-state index contributed by atoms with van der Waals surface area (Å²) in [5.41, 5.74) is 2.45. The molecule has 4 aromatic rings. The van der Waals surface area contributed by atoms with Crippen molar-refractivity contribution >= 4 is 33.3 Å². The Kier molecular flexibility index (Phi) is 5.34. The number of hydrogen-bond acceptors (Lipinski definition) is 6. The highest BCUT2D eigenvalue weighted by Crippen LogP contribution is 2.28. The Morgan fingerprint density at radius 2 is 1.68 bits per heavy atom. The molecule has 0 atom stereocenters. The Hall–Kier alpha value is -3.19. The molecule has 0 spiro atoms. The number of nitrogens with one attached hydrogen (secondary N) is 2. The fraction of sp³-hybridized carbons (Fsp3) is 0.143. The van der Waals surface area contributed by atoms with E-state index >= 15 is 0 Å². The molecule has 2 aromatic heterocycles. The van der Waals surface area contributed by atoms with Crippen LogP contribution in [0.4, 0.5) is 16.2 Å². The van der Waals surface area contributed by atoms with Gasteiger partial charge >= 0.3 is 0 Å². The van der Waals surface area contributed by atoms with Crippen LogP contribution in [-0.2, 0) is 13.1 Å². The summed E-state index contributed by atoms with van der Waals surface area (Å²) in [6.07, 6.45) is 0. The topological polar surface area (TPSA) is 59.1 Å². The van der Waals surface area contributed by atoms with Crippen molar-refractivity contribution in [2.45, 2.75) is 13.1 Å². The second-order valence-corrected chi connectivity index (χ2v) is 7.06. The van der Waals surface area contributed by atoms with Crippen LogP contribution in [-0.4, -0.2) is 17.1 Å². The molecule has 0 amide bonds. The maximum Gasteiger partial charge on any atom is 0.225 e. The lowest BCUT2D eigenvalue weighted by atomic mass is 10.2. The average molecular weight is 394 g/mol. The van der Waals surface area contributed by atoms with Crippen molar-refractivity contribution in [1.29, 1.82) is 0 Å². The van der Waals surface area contributed by atoms with Crippen molar-refractivity contribution in [3.05, 3.63) is 76.9 Å². The first kappa shape index (κ1) is 18.2. The molecule has 0 fully saturated rings. The lowest BCUT2D eigenvalue weighted by molar-refractivity contribution is 0.410. The van der Waals surface area contributed by atoms with Crippen LogP contribution in [0.2, 0.25) is 0 Å². The second-order valence-electron chi connectivity index (χ2n) is 6.14. The minimum absolute atomic E-state index is 0.235. The fourth-order valence-electron chi connectivity index (χ4n) is 2.91. The molecule has 0 aliphatic rings. The Morgan fingerprint density at radius 1 is 0.929 bits per heavy atom. The zero-order valence-electron chi connectivity index (χ0n) is 15.3. The van der Waals surface area contributed by atoms with Crippen molar-refractivity contribution in [2.24, 2.45) is 0 Å². The van der Waals surface area contributed by atoms with Gasteiger partial charge < -0.3 is 15.4 Å². The Bertz CT molecular complexity index is 1100. The first-order valence-corrected chi connectivity index (χ1v) is 9.71. The van der Waals surface area contributed by atoms with E-state index < -0.39 is 0 Å². The van der Waals surface area contributed by atoms with Crippen molar-refractivity contribution < 1.29 is 9.13 Å². The van der Waals surface area contributed by atoms with Crippen LogP contribution in [0.15, 0.2) is 60.0 Å². The molecule has 0 radical (unpaired) electrons. The molecule has 0 bridgehead atoms. The van der Waals surface area contributed by atoms with Gasteiger partial charge in [0.15, 0.2) is 0 Å². The summed E-state index contributed by atoms with van der Waals surface area (Å²) in [5, 5.41) is 8.47. The molecule has 4 rings (SSSR count). The number of rotatable bonds is 7. The molecule has 2 aromatic carbocycles.